The van der Waals surface area contributed by atoms with Gasteiger partial charge in [-0.2, -0.15) is 0 Å². The van der Waals surface area contributed by atoms with E-state index in [2.05, 4.69) is 0 Å². The highest BCUT2D eigenvalue weighted by Crippen LogP contribution is 2.26. The van der Waals surface area contributed by atoms with E-state index in [1.165, 1.54) is 12.1 Å². The van der Waals surface area contributed by atoms with Crippen LogP contribution in [-0.2, 0) is 11.2 Å². The molecule has 1 aromatic rings. The zero-order chi connectivity index (χ0) is 14.9. The minimum absolute atomic E-state index is 0.204. The van der Waals surface area contributed by atoms with Crippen LogP contribution in [0.4, 0.5) is 0 Å². The van der Waals surface area contributed by atoms with Crippen LogP contribution in [0.1, 0.15) is 18.9 Å². The molecule has 0 saturated carbocycles. The predicted molar refractivity (Wildman–Crippen MR) is 73.3 cm³/mol. The number of nitrogens with two attached hydrogens (primary N) is 1. The van der Waals surface area contributed by atoms with E-state index in [9.17, 15) is 20.1 Å². The number of nitrogens with zero attached hydrogens (tertiary/aromatic N) is 1. The Bertz CT molecular complexity index is 516. The number of aromatic hydroxyl groups is 2. The minimum Gasteiger partial charge on any atom is -0.504 e. The number of phenolic OH excluding ortho intramolecular Hbond substituents is 2. The predicted octanol–water partition coefficient (Wildman–Crippen LogP) is -0.0491. The summed E-state index contributed by atoms with van der Waals surface area (Å²) in [5.41, 5.74) is 5.72. The smallest absolute Gasteiger partial charge is 0.239 e. The number of phenols is 2. The Balaban J connectivity index is 1.99. The van der Waals surface area contributed by atoms with Gasteiger partial charge in [-0.3, -0.25) is 4.79 Å². The second-order valence-corrected chi connectivity index (χ2v) is 5.64. The summed E-state index contributed by atoms with van der Waals surface area (Å²) in [4.78, 5) is 13.7. The molecular formula is C14H20N2O4. The van der Waals surface area contributed by atoms with Gasteiger partial charge >= 0.3 is 0 Å². The van der Waals surface area contributed by atoms with Crippen LogP contribution in [0, 0.1) is 0 Å². The number of hydrogen-bond acceptors (Lipinski definition) is 5. The zero-order valence-corrected chi connectivity index (χ0v) is 11.4. The molecule has 2 atom stereocenters. The number of β-amino-alcohol motifs (C(OH)–C–C–N with tert-alkyl or cyclic N) is 1. The van der Waals surface area contributed by atoms with Gasteiger partial charge in [0.25, 0.3) is 0 Å². The summed E-state index contributed by atoms with van der Waals surface area (Å²) in [7, 11) is 0. The van der Waals surface area contributed by atoms with Crippen molar-refractivity contribution in [2.45, 2.75) is 31.4 Å². The second-order valence-electron chi connectivity index (χ2n) is 5.64. The molecule has 1 fully saturated rings. The van der Waals surface area contributed by atoms with Gasteiger partial charge in [0.15, 0.2) is 11.5 Å². The molecule has 20 heavy (non-hydrogen) atoms. The van der Waals surface area contributed by atoms with Crippen LogP contribution in [0.5, 0.6) is 11.5 Å². The van der Waals surface area contributed by atoms with Crippen molar-refractivity contribution in [3.8, 4) is 11.5 Å². The van der Waals surface area contributed by atoms with Crippen LogP contribution in [0.15, 0.2) is 18.2 Å². The molecule has 1 heterocycles. The maximum atomic E-state index is 12.2. The molecule has 1 aliphatic rings. The van der Waals surface area contributed by atoms with Crippen LogP contribution >= 0.6 is 0 Å². The van der Waals surface area contributed by atoms with E-state index in [0.29, 0.717) is 25.1 Å². The molecule has 2 rings (SSSR count). The van der Waals surface area contributed by atoms with Gasteiger partial charge in [0.05, 0.1) is 11.6 Å². The average molecular weight is 280 g/mol. The monoisotopic (exact) mass is 280 g/mol. The van der Waals surface area contributed by atoms with Crippen molar-refractivity contribution in [3.63, 3.8) is 0 Å². The Labute approximate surface area is 117 Å². The first-order valence-corrected chi connectivity index (χ1v) is 6.56. The van der Waals surface area contributed by atoms with Gasteiger partial charge in [-0.1, -0.05) is 6.07 Å². The molecule has 1 saturated heterocycles. The quantitative estimate of drug-likeness (QED) is 0.581. The van der Waals surface area contributed by atoms with Crippen molar-refractivity contribution < 1.29 is 20.1 Å². The Morgan fingerprint density at radius 2 is 2.15 bits per heavy atom. The highest BCUT2D eigenvalue weighted by molar-refractivity contribution is 5.82. The van der Waals surface area contributed by atoms with E-state index < -0.39 is 11.6 Å². The van der Waals surface area contributed by atoms with Crippen LogP contribution in [0.25, 0.3) is 0 Å². The normalized spacial score (nSPS) is 23.9. The highest BCUT2D eigenvalue weighted by atomic mass is 16.3. The topological polar surface area (TPSA) is 107 Å². The Morgan fingerprint density at radius 1 is 1.45 bits per heavy atom. The van der Waals surface area contributed by atoms with Crippen LogP contribution in [0.3, 0.4) is 0 Å². The summed E-state index contributed by atoms with van der Waals surface area (Å²) in [6.07, 6.45) is 0.816. The first-order valence-electron chi connectivity index (χ1n) is 6.56. The number of amides is 1. The number of carbonyl (C=O) groups is 1. The third-order valence-electron chi connectivity index (χ3n) is 3.58. The fourth-order valence-electron chi connectivity index (χ4n) is 2.40. The number of hydrogen-bond donors (Lipinski definition) is 4. The van der Waals surface area contributed by atoms with Crippen LogP contribution in [0.2, 0.25) is 0 Å². The van der Waals surface area contributed by atoms with Gasteiger partial charge in [0.1, 0.15) is 0 Å². The van der Waals surface area contributed by atoms with E-state index in [1.54, 1.807) is 17.9 Å². The molecule has 0 aromatic heterocycles. The fourth-order valence-corrected chi connectivity index (χ4v) is 2.40. The van der Waals surface area contributed by atoms with E-state index in [0.717, 1.165) is 0 Å². The molecule has 5 N–H and O–H groups in total. The first kappa shape index (κ1) is 14.6. The maximum Gasteiger partial charge on any atom is 0.239 e. The van der Waals surface area contributed by atoms with Crippen molar-refractivity contribution in [1.29, 1.82) is 0 Å². The number of aliphatic hydroxyl groups is 1. The van der Waals surface area contributed by atoms with Gasteiger partial charge in [0.2, 0.25) is 5.91 Å². The number of likely N-dealkylation sites (tertiary alicyclic amines) is 1. The van der Waals surface area contributed by atoms with Gasteiger partial charge in [-0.05, 0) is 37.5 Å². The van der Waals surface area contributed by atoms with Crippen molar-refractivity contribution in [3.05, 3.63) is 23.8 Å². The van der Waals surface area contributed by atoms with Gasteiger partial charge in [-0.15, -0.1) is 0 Å². The van der Waals surface area contributed by atoms with Gasteiger partial charge < -0.3 is 26.0 Å². The molecule has 1 aromatic carbocycles. The Kier molecular flexibility index (Phi) is 3.87. The standard InChI is InChI=1S/C14H20N2O4/c1-14(20)4-5-16(8-14)13(19)10(15)6-9-2-3-11(17)12(18)7-9/h2-3,7,10,17-18,20H,4-6,8,15H2,1H3/t10-,14?/m0/s1. The van der Waals surface area contributed by atoms with E-state index >= 15 is 0 Å². The Morgan fingerprint density at radius 3 is 2.70 bits per heavy atom. The Hall–Kier alpha value is -1.79. The summed E-state index contributed by atoms with van der Waals surface area (Å²) in [6.45, 7) is 2.49. The lowest BCUT2D eigenvalue weighted by Crippen LogP contribution is -2.45. The fraction of sp³-hybridized carbons (Fsp3) is 0.500. The van der Waals surface area contributed by atoms with Crippen molar-refractivity contribution in [2.75, 3.05) is 13.1 Å². The summed E-state index contributed by atoms with van der Waals surface area (Å²) >= 11 is 0. The molecule has 110 valence electrons. The minimum atomic E-state index is -0.841. The molecule has 0 bridgehead atoms. The van der Waals surface area contributed by atoms with Crippen LogP contribution in [-0.4, -0.2) is 50.9 Å². The van der Waals surface area contributed by atoms with Gasteiger partial charge in [0, 0.05) is 13.1 Å². The number of benzene rings is 1. The SMILES string of the molecule is CC1(O)CCN(C(=O)[C@@H](N)Cc2ccc(O)c(O)c2)C1. The molecular weight excluding hydrogens is 260 g/mol. The zero-order valence-electron chi connectivity index (χ0n) is 11.4. The molecule has 0 spiro atoms. The third-order valence-corrected chi connectivity index (χ3v) is 3.58. The number of rotatable bonds is 3. The van der Waals surface area contributed by atoms with Crippen LogP contribution < -0.4 is 5.73 Å². The summed E-state index contributed by atoms with van der Waals surface area (Å²) in [6, 6.07) is 3.64. The molecule has 1 aliphatic heterocycles. The van der Waals surface area contributed by atoms with Crippen molar-refractivity contribution >= 4 is 5.91 Å². The molecule has 6 nitrogen and oxygen atoms in total. The van der Waals surface area contributed by atoms with Crippen molar-refractivity contribution in [1.82, 2.24) is 4.90 Å². The van der Waals surface area contributed by atoms with E-state index in [-0.39, 0.29) is 23.8 Å². The number of carbonyl (C=O) groups excluding carboxylic acids is 1. The lowest BCUT2D eigenvalue weighted by atomic mass is 10.0. The first-order chi connectivity index (χ1) is 9.28. The second kappa shape index (κ2) is 5.30. The third kappa shape index (κ3) is 3.20. The van der Waals surface area contributed by atoms with E-state index in [1.807, 2.05) is 0 Å². The summed E-state index contributed by atoms with van der Waals surface area (Å²) < 4.78 is 0. The molecule has 6 heteroatoms. The molecule has 1 unspecified atom stereocenters. The average Bonchev–Trinajstić information content (AvgIpc) is 2.73. The summed E-state index contributed by atoms with van der Waals surface area (Å²) in [5, 5.41) is 28.5. The maximum absolute atomic E-state index is 12.2. The molecule has 0 aliphatic carbocycles. The van der Waals surface area contributed by atoms with E-state index in [4.69, 9.17) is 5.73 Å². The van der Waals surface area contributed by atoms with Crippen molar-refractivity contribution in [2.24, 2.45) is 5.73 Å². The molecule has 1 amide bonds. The highest BCUT2D eigenvalue weighted by Gasteiger charge is 2.35. The molecule has 0 radical (unpaired) electrons. The summed E-state index contributed by atoms with van der Waals surface area (Å²) in [5.74, 6) is -0.647. The lowest BCUT2D eigenvalue weighted by Gasteiger charge is -2.22. The largest absolute Gasteiger partial charge is 0.504 e. The lowest BCUT2D eigenvalue weighted by molar-refractivity contribution is -0.132. The van der Waals surface area contributed by atoms with Gasteiger partial charge in [-0.25, -0.2) is 0 Å².